The predicted molar refractivity (Wildman–Crippen MR) is 107 cm³/mol. The van der Waals surface area contributed by atoms with Crippen molar-refractivity contribution in [2.75, 3.05) is 6.54 Å². The van der Waals surface area contributed by atoms with Gasteiger partial charge >= 0.3 is 6.61 Å². The molecule has 0 bridgehead atoms. The second kappa shape index (κ2) is 10.1. The molecule has 1 amide bonds. The molecule has 0 aliphatic heterocycles. The number of alkyl halides is 2. The van der Waals surface area contributed by atoms with E-state index >= 15 is 0 Å². The van der Waals surface area contributed by atoms with Gasteiger partial charge in [-0.1, -0.05) is 24.3 Å². The Balaban J connectivity index is 2.60. The minimum atomic E-state index is -2.93. The normalized spacial score (nSPS) is 12.3. The third kappa shape index (κ3) is 5.49. The number of hydrogen-bond donors (Lipinski definition) is 1. The van der Waals surface area contributed by atoms with Crippen LogP contribution in [-0.2, 0) is 11.3 Å². The van der Waals surface area contributed by atoms with Gasteiger partial charge in [-0.3, -0.25) is 14.2 Å². The number of ether oxygens (including phenoxy) is 1. The van der Waals surface area contributed by atoms with Crippen LogP contribution in [0, 0.1) is 11.3 Å². The molecule has 0 fully saturated rings. The van der Waals surface area contributed by atoms with Gasteiger partial charge in [-0.2, -0.15) is 14.0 Å². The summed E-state index contributed by atoms with van der Waals surface area (Å²) in [5.74, 6) is -0.626. The van der Waals surface area contributed by atoms with Crippen LogP contribution < -0.4 is 24.8 Å². The smallest absolute Gasteiger partial charge is 0.387 e. The molecule has 1 aromatic carbocycles. The van der Waals surface area contributed by atoms with Crippen LogP contribution in [0.3, 0.4) is 0 Å². The Bertz CT molecular complexity index is 1130. The number of nitriles is 1. The molecule has 0 aliphatic rings. The lowest BCUT2D eigenvalue weighted by Crippen LogP contribution is -2.34. The van der Waals surface area contributed by atoms with E-state index in [9.17, 15) is 23.6 Å². The summed E-state index contributed by atoms with van der Waals surface area (Å²) in [7, 11) is 0. The van der Waals surface area contributed by atoms with E-state index in [2.05, 4.69) is 23.2 Å². The SMILES string of the molecule is C=CCNC(=O)/C(C#N)=c1/s/c(=C/c2ccc(OC(F)F)cc2)c(=O)n1CC=C. The van der Waals surface area contributed by atoms with Gasteiger partial charge in [0.15, 0.2) is 5.57 Å². The maximum absolute atomic E-state index is 12.8. The van der Waals surface area contributed by atoms with Crippen LogP contribution >= 0.6 is 11.3 Å². The summed E-state index contributed by atoms with van der Waals surface area (Å²) in [6.07, 6.45) is 4.49. The highest BCUT2D eigenvalue weighted by molar-refractivity contribution is 7.07. The van der Waals surface area contributed by atoms with E-state index < -0.39 is 18.1 Å². The van der Waals surface area contributed by atoms with Gasteiger partial charge in [0.05, 0.1) is 4.53 Å². The summed E-state index contributed by atoms with van der Waals surface area (Å²) in [4.78, 5) is 25.0. The minimum absolute atomic E-state index is 0.00734. The van der Waals surface area contributed by atoms with Crippen LogP contribution in [0.5, 0.6) is 5.75 Å². The summed E-state index contributed by atoms with van der Waals surface area (Å²) in [5, 5.41) is 12.0. The summed E-state index contributed by atoms with van der Waals surface area (Å²) in [6.45, 7) is 4.45. The van der Waals surface area contributed by atoms with E-state index in [0.717, 1.165) is 11.3 Å². The third-order valence-corrected chi connectivity index (χ3v) is 4.71. The number of allylic oxidation sites excluding steroid dienone is 1. The van der Waals surface area contributed by atoms with E-state index in [-0.39, 0.29) is 33.6 Å². The maximum Gasteiger partial charge on any atom is 0.387 e. The van der Waals surface area contributed by atoms with Gasteiger partial charge in [0.1, 0.15) is 16.5 Å². The first-order valence-electron chi connectivity index (χ1n) is 8.32. The molecule has 150 valence electrons. The minimum Gasteiger partial charge on any atom is -0.435 e. The van der Waals surface area contributed by atoms with Crippen molar-refractivity contribution in [3.63, 3.8) is 0 Å². The predicted octanol–water partition coefficient (Wildman–Crippen LogP) is 1.50. The fourth-order valence-electron chi connectivity index (χ4n) is 2.35. The zero-order chi connectivity index (χ0) is 21.4. The average Bonchev–Trinajstić information content (AvgIpc) is 2.98. The fraction of sp³-hybridized carbons (Fsp3) is 0.150. The molecule has 9 heteroatoms. The van der Waals surface area contributed by atoms with Crippen LogP contribution in [0.2, 0.25) is 0 Å². The maximum atomic E-state index is 12.8. The molecule has 1 aromatic heterocycles. The number of hydrogen-bond acceptors (Lipinski definition) is 5. The average molecular weight is 417 g/mol. The Labute approximate surface area is 169 Å². The van der Waals surface area contributed by atoms with Gasteiger partial charge < -0.3 is 10.1 Å². The summed E-state index contributed by atoms with van der Waals surface area (Å²) in [6, 6.07) is 7.57. The second-order valence-electron chi connectivity index (χ2n) is 5.55. The Hall–Kier alpha value is -3.51. The van der Waals surface area contributed by atoms with Crippen LogP contribution in [0.1, 0.15) is 5.56 Å². The molecule has 0 aliphatic carbocycles. The number of halogens is 2. The molecule has 2 rings (SSSR count). The number of carbonyl (C=O) groups is 1. The van der Waals surface area contributed by atoms with Crippen LogP contribution in [0.4, 0.5) is 8.78 Å². The highest BCUT2D eigenvalue weighted by Crippen LogP contribution is 2.15. The monoisotopic (exact) mass is 417 g/mol. The van der Waals surface area contributed by atoms with Gasteiger partial charge in [-0.25, -0.2) is 0 Å². The lowest BCUT2D eigenvalue weighted by Gasteiger charge is -2.03. The van der Waals surface area contributed by atoms with Crippen molar-refractivity contribution in [2.24, 2.45) is 0 Å². The molecule has 1 N–H and O–H groups in total. The number of nitrogens with one attached hydrogen (secondary N) is 1. The van der Waals surface area contributed by atoms with Crippen molar-refractivity contribution < 1.29 is 18.3 Å². The van der Waals surface area contributed by atoms with E-state index in [1.807, 2.05) is 6.07 Å². The van der Waals surface area contributed by atoms with Crippen LogP contribution in [0.25, 0.3) is 11.6 Å². The highest BCUT2D eigenvalue weighted by Gasteiger charge is 2.14. The zero-order valence-electron chi connectivity index (χ0n) is 15.2. The number of rotatable bonds is 8. The van der Waals surface area contributed by atoms with Crippen molar-refractivity contribution >= 4 is 28.9 Å². The van der Waals surface area contributed by atoms with E-state index in [0.29, 0.717) is 5.56 Å². The zero-order valence-corrected chi connectivity index (χ0v) is 16.0. The molecule has 1 heterocycles. The summed E-state index contributed by atoms with van der Waals surface area (Å²) >= 11 is 0.980. The van der Waals surface area contributed by atoms with Crippen LogP contribution in [-0.4, -0.2) is 23.6 Å². The Morgan fingerprint density at radius 3 is 2.55 bits per heavy atom. The molecule has 2 aromatic rings. The highest BCUT2D eigenvalue weighted by atomic mass is 32.1. The number of aromatic nitrogens is 1. The first kappa shape index (κ1) is 21.8. The molecule has 0 saturated carbocycles. The number of nitrogens with zero attached hydrogens (tertiary/aromatic N) is 2. The molecule has 0 unspecified atom stereocenters. The molecule has 6 nitrogen and oxygen atoms in total. The molecule has 0 radical (unpaired) electrons. The quantitative estimate of drug-likeness (QED) is 0.660. The number of amides is 1. The number of carbonyl (C=O) groups excluding carboxylic acids is 1. The van der Waals surface area contributed by atoms with E-state index in [1.54, 1.807) is 6.08 Å². The number of benzene rings is 1. The van der Waals surface area contributed by atoms with Gasteiger partial charge in [0.25, 0.3) is 11.5 Å². The molecule has 0 saturated heterocycles. The van der Waals surface area contributed by atoms with Gasteiger partial charge in [-0.05, 0) is 23.8 Å². The first-order valence-corrected chi connectivity index (χ1v) is 9.13. The van der Waals surface area contributed by atoms with E-state index in [4.69, 9.17) is 0 Å². The largest absolute Gasteiger partial charge is 0.435 e. The van der Waals surface area contributed by atoms with Crippen LogP contribution in [0.15, 0.2) is 54.4 Å². The van der Waals surface area contributed by atoms with Crippen molar-refractivity contribution in [1.82, 2.24) is 9.88 Å². The Kier molecular flexibility index (Phi) is 7.62. The van der Waals surface area contributed by atoms with Gasteiger partial charge in [-0.15, -0.1) is 24.5 Å². The lowest BCUT2D eigenvalue weighted by atomic mass is 10.2. The third-order valence-electron chi connectivity index (χ3n) is 3.58. The topological polar surface area (TPSA) is 84.1 Å². The second-order valence-corrected chi connectivity index (χ2v) is 6.58. The van der Waals surface area contributed by atoms with Crippen molar-refractivity contribution in [3.05, 3.63) is 74.7 Å². The van der Waals surface area contributed by atoms with E-state index in [1.165, 1.54) is 41.0 Å². The number of thiazole rings is 1. The molecular formula is C20H17F2N3O3S. The summed E-state index contributed by atoms with van der Waals surface area (Å²) in [5.41, 5.74) is -0.0323. The molecular weight excluding hydrogens is 400 g/mol. The molecule has 29 heavy (non-hydrogen) atoms. The Morgan fingerprint density at radius 2 is 2.00 bits per heavy atom. The molecule has 0 atom stereocenters. The Morgan fingerprint density at radius 1 is 1.31 bits per heavy atom. The van der Waals surface area contributed by atoms with Crippen molar-refractivity contribution in [3.8, 4) is 11.8 Å². The van der Waals surface area contributed by atoms with Crippen molar-refractivity contribution in [1.29, 1.82) is 5.26 Å². The van der Waals surface area contributed by atoms with Crippen molar-refractivity contribution in [2.45, 2.75) is 13.2 Å². The van der Waals surface area contributed by atoms with Gasteiger partial charge in [0, 0.05) is 13.1 Å². The lowest BCUT2D eigenvalue weighted by molar-refractivity contribution is -0.115. The first-order chi connectivity index (χ1) is 13.9. The van der Waals surface area contributed by atoms with Gasteiger partial charge in [0.2, 0.25) is 0 Å². The standard InChI is InChI=1S/C20H17F2N3O3S/c1-3-9-24-17(26)15(12-23)19-25(10-4-2)18(27)16(29-19)11-13-5-7-14(8-6-13)28-20(21)22/h3-8,11,20H,1-2,9-10H2,(H,24,26)/b16-11+,19-15+. The fourth-order valence-corrected chi connectivity index (χ4v) is 3.45. The molecule has 0 spiro atoms. The summed E-state index contributed by atoms with van der Waals surface area (Å²) < 4.78 is 30.5.